The Morgan fingerprint density at radius 2 is 1.95 bits per heavy atom. The van der Waals surface area contributed by atoms with Crippen LogP contribution < -0.4 is 5.32 Å². The van der Waals surface area contributed by atoms with Gasteiger partial charge in [-0.25, -0.2) is 4.39 Å². The molecule has 0 saturated carbocycles. The standard InChI is InChI=1S/C16H15ClFNOS/c1-11-2-5-13(6-3-11)21-9-8-19-16(20)14-10-12(17)4-7-15(14)18/h2-7,10H,8-9H2,1H3,(H,19,20). The minimum absolute atomic E-state index is 0.0252. The van der Waals surface area contributed by atoms with E-state index in [1.54, 1.807) is 11.8 Å². The van der Waals surface area contributed by atoms with E-state index in [1.807, 2.05) is 31.2 Å². The van der Waals surface area contributed by atoms with Gasteiger partial charge in [-0.1, -0.05) is 29.3 Å². The summed E-state index contributed by atoms with van der Waals surface area (Å²) in [6, 6.07) is 12.1. The monoisotopic (exact) mass is 323 g/mol. The molecule has 0 radical (unpaired) electrons. The number of amides is 1. The maximum absolute atomic E-state index is 13.5. The van der Waals surface area contributed by atoms with Gasteiger partial charge >= 0.3 is 0 Å². The van der Waals surface area contributed by atoms with Gasteiger partial charge in [-0.05, 0) is 37.3 Å². The number of rotatable bonds is 5. The zero-order chi connectivity index (χ0) is 15.2. The van der Waals surface area contributed by atoms with E-state index >= 15 is 0 Å². The molecular weight excluding hydrogens is 309 g/mol. The quantitative estimate of drug-likeness (QED) is 0.656. The molecule has 110 valence electrons. The Balaban J connectivity index is 1.81. The summed E-state index contributed by atoms with van der Waals surface area (Å²) < 4.78 is 13.5. The smallest absolute Gasteiger partial charge is 0.254 e. The molecule has 2 nitrogen and oxygen atoms in total. The predicted molar refractivity (Wildman–Crippen MR) is 85.6 cm³/mol. The van der Waals surface area contributed by atoms with Crippen molar-refractivity contribution in [3.8, 4) is 0 Å². The van der Waals surface area contributed by atoms with Crippen molar-refractivity contribution >= 4 is 29.3 Å². The van der Waals surface area contributed by atoms with Gasteiger partial charge in [0.2, 0.25) is 0 Å². The molecule has 1 N–H and O–H groups in total. The summed E-state index contributed by atoms with van der Waals surface area (Å²) >= 11 is 7.40. The fraction of sp³-hybridized carbons (Fsp3) is 0.188. The van der Waals surface area contributed by atoms with E-state index in [0.29, 0.717) is 11.6 Å². The van der Waals surface area contributed by atoms with Crippen LogP contribution in [-0.4, -0.2) is 18.2 Å². The first-order chi connectivity index (χ1) is 10.1. The molecule has 0 aromatic heterocycles. The van der Waals surface area contributed by atoms with Gasteiger partial charge < -0.3 is 5.32 Å². The second kappa shape index (κ2) is 7.48. The fourth-order valence-electron chi connectivity index (χ4n) is 1.73. The van der Waals surface area contributed by atoms with Crippen molar-refractivity contribution in [2.75, 3.05) is 12.3 Å². The Morgan fingerprint density at radius 1 is 1.24 bits per heavy atom. The van der Waals surface area contributed by atoms with Crippen LogP contribution in [0.25, 0.3) is 0 Å². The largest absolute Gasteiger partial charge is 0.351 e. The van der Waals surface area contributed by atoms with E-state index in [0.717, 1.165) is 10.6 Å². The van der Waals surface area contributed by atoms with E-state index in [2.05, 4.69) is 5.32 Å². The van der Waals surface area contributed by atoms with E-state index in [4.69, 9.17) is 11.6 Å². The molecule has 0 bridgehead atoms. The summed E-state index contributed by atoms with van der Waals surface area (Å²) in [7, 11) is 0. The number of hydrogen-bond acceptors (Lipinski definition) is 2. The highest BCUT2D eigenvalue weighted by molar-refractivity contribution is 7.99. The van der Waals surface area contributed by atoms with Crippen LogP contribution in [-0.2, 0) is 0 Å². The lowest BCUT2D eigenvalue weighted by Crippen LogP contribution is -2.26. The molecule has 2 aromatic rings. The van der Waals surface area contributed by atoms with Gasteiger partial charge in [0.15, 0.2) is 0 Å². The van der Waals surface area contributed by atoms with Crippen LogP contribution in [0.2, 0.25) is 5.02 Å². The van der Waals surface area contributed by atoms with Crippen molar-refractivity contribution in [2.45, 2.75) is 11.8 Å². The van der Waals surface area contributed by atoms with E-state index in [-0.39, 0.29) is 5.56 Å². The van der Waals surface area contributed by atoms with E-state index in [9.17, 15) is 9.18 Å². The Hall–Kier alpha value is -1.52. The molecule has 0 aliphatic rings. The number of thioether (sulfide) groups is 1. The van der Waals surface area contributed by atoms with Gasteiger partial charge in [0.25, 0.3) is 5.91 Å². The van der Waals surface area contributed by atoms with Gasteiger partial charge in [-0.3, -0.25) is 4.79 Å². The lowest BCUT2D eigenvalue weighted by Gasteiger charge is -2.07. The van der Waals surface area contributed by atoms with Crippen LogP contribution in [0.4, 0.5) is 4.39 Å². The van der Waals surface area contributed by atoms with E-state index in [1.165, 1.54) is 23.8 Å². The molecule has 2 rings (SSSR count). The molecule has 0 atom stereocenters. The number of aryl methyl sites for hydroxylation is 1. The van der Waals surface area contributed by atoms with E-state index < -0.39 is 11.7 Å². The summed E-state index contributed by atoms with van der Waals surface area (Å²) in [5.41, 5.74) is 1.19. The van der Waals surface area contributed by atoms with Crippen LogP contribution in [0.5, 0.6) is 0 Å². The zero-order valence-corrected chi connectivity index (χ0v) is 13.1. The second-order valence-electron chi connectivity index (χ2n) is 4.54. The van der Waals surface area contributed by atoms with Crippen LogP contribution in [0.15, 0.2) is 47.4 Å². The maximum Gasteiger partial charge on any atom is 0.254 e. The van der Waals surface area contributed by atoms with Crippen molar-refractivity contribution in [2.24, 2.45) is 0 Å². The van der Waals surface area contributed by atoms with Crippen LogP contribution in [0.3, 0.4) is 0 Å². The number of carbonyl (C=O) groups excluding carboxylic acids is 1. The topological polar surface area (TPSA) is 29.1 Å². The van der Waals surface area contributed by atoms with Crippen molar-refractivity contribution in [3.05, 3.63) is 64.4 Å². The van der Waals surface area contributed by atoms with Gasteiger partial charge in [-0.15, -0.1) is 11.8 Å². The Kier molecular flexibility index (Phi) is 5.65. The Morgan fingerprint density at radius 3 is 2.67 bits per heavy atom. The summed E-state index contributed by atoms with van der Waals surface area (Å²) in [5, 5.41) is 3.03. The first-order valence-electron chi connectivity index (χ1n) is 6.49. The third-order valence-corrected chi connectivity index (χ3v) is 4.10. The summed E-state index contributed by atoms with van der Waals surface area (Å²) in [5.74, 6) is -0.292. The number of carbonyl (C=O) groups is 1. The molecule has 0 saturated heterocycles. The predicted octanol–water partition coefficient (Wildman–Crippen LogP) is 4.31. The van der Waals surface area contributed by atoms with Crippen LogP contribution >= 0.6 is 23.4 Å². The Labute approximate surface area is 132 Å². The number of nitrogens with one attached hydrogen (secondary N) is 1. The van der Waals surface area contributed by atoms with Crippen molar-refractivity contribution in [1.82, 2.24) is 5.32 Å². The molecule has 2 aromatic carbocycles. The normalized spacial score (nSPS) is 10.4. The SMILES string of the molecule is Cc1ccc(SCCNC(=O)c2cc(Cl)ccc2F)cc1. The minimum atomic E-state index is -0.567. The summed E-state index contributed by atoms with van der Waals surface area (Å²) in [6.45, 7) is 2.50. The molecule has 0 aliphatic heterocycles. The number of halogens is 2. The second-order valence-corrected chi connectivity index (χ2v) is 6.15. The van der Waals surface area contributed by atoms with Gasteiger partial charge in [0.05, 0.1) is 5.56 Å². The first kappa shape index (κ1) is 15.9. The molecular formula is C16H15ClFNOS. The summed E-state index contributed by atoms with van der Waals surface area (Å²) in [4.78, 5) is 13.0. The molecule has 0 aliphatic carbocycles. The van der Waals surface area contributed by atoms with Crippen molar-refractivity contribution in [3.63, 3.8) is 0 Å². The highest BCUT2D eigenvalue weighted by Crippen LogP contribution is 2.18. The molecule has 0 heterocycles. The zero-order valence-electron chi connectivity index (χ0n) is 11.5. The molecule has 1 amide bonds. The number of hydrogen-bond donors (Lipinski definition) is 1. The van der Waals surface area contributed by atoms with Gasteiger partial charge in [0.1, 0.15) is 5.82 Å². The highest BCUT2D eigenvalue weighted by atomic mass is 35.5. The third kappa shape index (κ3) is 4.76. The lowest BCUT2D eigenvalue weighted by molar-refractivity contribution is 0.0952. The fourth-order valence-corrected chi connectivity index (χ4v) is 2.68. The lowest BCUT2D eigenvalue weighted by atomic mass is 10.2. The van der Waals surface area contributed by atoms with Crippen LogP contribution in [0.1, 0.15) is 15.9 Å². The average Bonchev–Trinajstić information content (AvgIpc) is 2.47. The first-order valence-corrected chi connectivity index (χ1v) is 7.85. The summed E-state index contributed by atoms with van der Waals surface area (Å²) in [6.07, 6.45) is 0. The van der Waals surface area contributed by atoms with Crippen LogP contribution in [0, 0.1) is 12.7 Å². The molecule has 21 heavy (non-hydrogen) atoms. The third-order valence-electron chi connectivity index (χ3n) is 2.85. The number of benzene rings is 2. The average molecular weight is 324 g/mol. The Bertz CT molecular complexity index is 631. The van der Waals surface area contributed by atoms with Crippen molar-refractivity contribution < 1.29 is 9.18 Å². The molecule has 0 unspecified atom stereocenters. The molecule has 0 spiro atoms. The minimum Gasteiger partial charge on any atom is -0.351 e. The molecule has 5 heteroatoms. The maximum atomic E-state index is 13.5. The molecule has 0 fully saturated rings. The highest BCUT2D eigenvalue weighted by Gasteiger charge is 2.11. The van der Waals surface area contributed by atoms with Gasteiger partial charge in [-0.2, -0.15) is 0 Å². The van der Waals surface area contributed by atoms with Gasteiger partial charge in [0, 0.05) is 22.2 Å². The van der Waals surface area contributed by atoms with Crippen molar-refractivity contribution in [1.29, 1.82) is 0 Å².